The summed E-state index contributed by atoms with van der Waals surface area (Å²) in [5, 5.41) is 3.04. The highest BCUT2D eigenvalue weighted by atomic mass is 16.2. The molecule has 13 heteroatoms. The quantitative estimate of drug-likeness (QED) is 0.210. The number of fused-ring (bicyclic) bond motifs is 1. The fourth-order valence-electron chi connectivity index (χ4n) is 7.22. The van der Waals surface area contributed by atoms with Gasteiger partial charge in [0.1, 0.15) is 0 Å². The predicted octanol–water partition coefficient (Wildman–Crippen LogP) is 5.02. The van der Waals surface area contributed by atoms with E-state index in [4.69, 9.17) is 15.0 Å². The molecule has 13 nitrogen and oxygen atoms in total. The van der Waals surface area contributed by atoms with Crippen LogP contribution in [0.15, 0.2) is 156 Å². The molecular formula is C41H31N11O2. The third kappa shape index (κ3) is 5.29. The number of carbonyl (C=O) groups is 2. The van der Waals surface area contributed by atoms with E-state index in [-0.39, 0.29) is 18.4 Å². The number of nitrogens with zero attached hydrogens (tertiary/aromatic N) is 9. The number of aromatic amines is 1. The monoisotopic (exact) mass is 709 g/mol. The number of amides is 2. The number of guanidine groups is 1. The molecule has 1 saturated heterocycles. The molecule has 0 unspecified atom stereocenters. The van der Waals surface area contributed by atoms with Crippen molar-refractivity contribution in [2.75, 3.05) is 0 Å². The van der Waals surface area contributed by atoms with Crippen LogP contribution in [0.2, 0.25) is 0 Å². The number of aliphatic imine (C=N–C) groups is 2. The highest BCUT2D eigenvalue weighted by molar-refractivity contribution is 6.11. The Labute approximate surface area is 309 Å². The van der Waals surface area contributed by atoms with E-state index in [0.29, 0.717) is 41.2 Å². The Balaban J connectivity index is 1.10. The Morgan fingerprint density at radius 3 is 1.65 bits per heavy atom. The topological polar surface area (TPSA) is 158 Å². The van der Waals surface area contributed by atoms with E-state index in [9.17, 15) is 9.59 Å². The highest BCUT2D eigenvalue weighted by Gasteiger charge is 2.57. The van der Waals surface area contributed by atoms with Crippen LogP contribution < -0.4 is 5.32 Å². The highest BCUT2D eigenvalue weighted by Crippen LogP contribution is 2.41. The maximum Gasteiger partial charge on any atom is 0.285 e. The average molecular weight is 710 g/mol. The zero-order valence-electron chi connectivity index (χ0n) is 28.7. The van der Waals surface area contributed by atoms with Crippen molar-refractivity contribution in [3.8, 4) is 0 Å². The number of para-hydroxylation sites is 2. The standard InChI is InChI=1S/C41H31N11O2/c53-36-40(32-13-3-7-21-42-32,33-14-4-8-22-43-33)51(27-46-36)25-28-17-19-29(20-18-28)26-52-39(50-38-47-30-11-1-2-12-31(30)48-38)49-37(54)41(52,34-15-5-9-23-44-34)35-16-6-10-24-45-35/h1-24,27H,25-26H2,(H2,47,48,49,50,54). The molecule has 262 valence electrons. The number of benzene rings is 2. The molecule has 2 aliphatic heterocycles. The first-order valence-electron chi connectivity index (χ1n) is 17.3. The first-order chi connectivity index (χ1) is 26.6. The fourth-order valence-corrected chi connectivity index (χ4v) is 7.22. The summed E-state index contributed by atoms with van der Waals surface area (Å²) in [5.74, 6) is -0.0679. The molecule has 7 aromatic rings. The van der Waals surface area contributed by atoms with Crippen LogP contribution in [0.5, 0.6) is 0 Å². The maximum atomic E-state index is 14.4. The molecule has 7 heterocycles. The summed E-state index contributed by atoms with van der Waals surface area (Å²) >= 11 is 0. The molecule has 2 aliphatic rings. The van der Waals surface area contributed by atoms with Crippen LogP contribution in [0.1, 0.15) is 33.9 Å². The first kappa shape index (κ1) is 32.5. The minimum Gasteiger partial charge on any atom is -0.334 e. The van der Waals surface area contributed by atoms with Gasteiger partial charge in [0, 0.05) is 37.9 Å². The SMILES string of the molecule is O=C1N=CN(Cc2ccc(CN3/C(=N/c4nc5ccccc5[nH]4)NC(=O)C3(c3ccccn3)c3ccccn3)cc2)C1(c1ccccn1)c1ccccn1. The molecule has 5 aromatic heterocycles. The van der Waals surface area contributed by atoms with E-state index in [1.807, 2.05) is 131 Å². The average Bonchev–Trinajstić information content (AvgIpc) is 3.87. The van der Waals surface area contributed by atoms with Gasteiger partial charge in [-0.05, 0) is 71.8 Å². The van der Waals surface area contributed by atoms with E-state index in [1.165, 1.54) is 0 Å². The summed E-state index contributed by atoms with van der Waals surface area (Å²) in [4.78, 5) is 67.5. The van der Waals surface area contributed by atoms with E-state index in [2.05, 4.69) is 30.2 Å². The number of hydrogen-bond donors (Lipinski definition) is 2. The van der Waals surface area contributed by atoms with Gasteiger partial charge in [0.15, 0.2) is 0 Å². The van der Waals surface area contributed by atoms with E-state index in [1.54, 1.807) is 31.1 Å². The molecule has 54 heavy (non-hydrogen) atoms. The summed E-state index contributed by atoms with van der Waals surface area (Å²) in [6, 6.07) is 37.6. The minimum atomic E-state index is -1.45. The molecule has 0 atom stereocenters. The van der Waals surface area contributed by atoms with E-state index >= 15 is 0 Å². The van der Waals surface area contributed by atoms with Crippen molar-refractivity contribution in [3.05, 3.63) is 180 Å². The normalized spacial score (nSPS) is 16.7. The number of nitrogens with one attached hydrogen (secondary N) is 2. The van der Waals surface area contributed by atoms with E-state index < -0.39 is 11.1 Å². The molecule has 2 amide bonds. The number of aromatic nitrogens is 6. The largest absolute Gasteiger partial charge is 0.334 e. The zero-order chi connectivity index (χ0) is 36.5. The van der Waals surface area contributed by atoms with Crippen molar-refractivity contribution >= 4 is 41.1 Å². The van der Waals surface area contributed by atoms with Gasteiger partial charge in [-0.2, -0.15) is 4.99 Å². The van der Waals surface area contributed by atoms with Gasteiger partial charge in [-0.15, -0.1) is 0 Å². The third-order valence-corrected chi connectivity index (χ3v) is 9.72. The molecule has 0 bridgehead atoms. The lowest BCUT2D eigenvalue weighted by atomic mass is 9.87. The maximum absolute atomic E-state index is 14.4. The van der Waals surface area contributed by atoms with Crippen molar-refractivity contribution in [2.24, 2.45) is 9.98 Å². The fraction of sp³-hybridized carbons (Fsp3) is 0.0976. The lowest BCUT2D eigenvalue weighted by molar-refractivity contribution is -0.126. The van der Waals surface area contributed by atoms with Crippen LogP contribution in [0.4, 0.5) is 5.95 Å². The Morgan fingerprint density at radius 1 is 0.593 bits per heavy atom. The Hall–Kier alpha value is -7.41. The number of rotatable bonds is 9. The molecule has 0 aliphatic carbocycles. The number of H-pyrrole nitrogens is 1. The molecule has 0 saturated carbocycles. The van der Waals surface area contributed by atoms with Gasteiger partial charge >= 0.3 is 0 Å². The Bertz CT molecular complexity index is 2410. The third-order valence-electron chi connectivity index (χ3n) is 9.72. The second-order valence-electron chi connectivity index (χ2n) is 12.8. The van der Waals surface area contributed by atoms with Crippen molar-refractivity contribution < 1.29 is 9.59 Å². The van der Waals surface area contributed by atoms with Crippen molar-refractivity contribution in [2.45, 2.75) is 24.2 Å². The summed E-state index contributed by atoms with van der Waals surface area (Å²) in [6.07, 6.45) is 8.22. The summed E-state index contributed by atoms with van der Waals surface area (Å²) in [5.41, 5.74) is 2.65. The molecular weight excluding hydrogens is 679 g/mol. The molecule has 2 aromatic carbocycles. The molecule has 0 radical (unpaired) electrons. The smallest absolute Gasteiger partial charge is 0.285 e. The lowest BCUT2D eigenvalue weighted by Crippen LogP contribution is -2.49. The van der Waals surface area contributed by atoms with Crippen LogP contribution in [0.25, 0.3) is 11.0 Å². The van der Waals surface area contributed by atoms with Gasteiger partial charge in [0.2, 0.25) is 23.0 Å². The Morgan fingerprint density at radius 2 is 1.11 bits per heavy atom. The van der Waals surface area contributed by atoms with Crippen LogP contribution in [-0.2, 0) is 33.8 Å². The number of carbonyl (C=O) groups excluding carboxylic acids is 2. The second kappa shape index (κ2) is 13.3. The summed E-state index contributed by atoms with van der Waals surface area (Å²) in [7, 11) is 0. The van der Waals surface area contributed by atoms with Gasteiger partial charge in [-0.25, -0.2) is 9.98 Å². The lowest BCUT2D eigenvalue weighted by Gasteiger charge is -2.36. The molecule has 2 N–H and O–H groups in total. The van der Waals surface area contributed by atoms with Gasteiger partial charge < -0.3 is 14.8 Å². The number of hydrogen-bond acceptors (Lipinski definition) is 9. The molecule has 1 fully saturated rings. The van der Waals surface area contributed by atoms with Gasteiger partial charge in [0.05, 0.1) is 40.1 Å². The van der Waals surface area contributed by atoms with Crippen LogP contribution >= 0.6 is 0 Å². The number of pyridine rings is 4. The Kier molecular flexibility index (Phi) is 8.00. The zero-order valence-corrected chi connectivity index (χ0v) is 28.7. The van der Waals surface area contributed by atoms with Crippen molar-refractivity contribution in [1.82, 2.24) is 45.0 Å². The van der Waals surface area contributed by atoms with Crippen molar-refractivity contribution in [1.29, 1.82) is 0 Å². The first-order valence-corrected chi connectivity index (χ1v) is 17.3. The van der Waals surface area contributed by atoms with Gasteiger partial charge in [-0.3, -0.25) is 34.8 Å². The summed E-state index contributed by atoms with van der Waals surface area (Å²) < 4.78 is 0. The van der Waals surface area contributed by atoms with Crippen molar-refractivity contribution in [3.63, 3.8) is 0 Å². The summed E-state index contributed by atoms with van der Waals surface area (Å²) in [6.45, 7) is 0.595. The van der Waals surface area contributed by atoms with Crippen LogP contribution in [0.3, 0.4) is 0 Å². The molecule has 9 rings (SSSR count). The van der Waals surface area contributed by atoms with Crippen LogP contribution in [-0.4, -0.2) is 63.8 Å². The van der Waals surface area contributed by atoms with Gasteiger partial charge in [0.25, 0.3) is 11.8 Å². The van der Waals surface area contributed by atoms with Gasteiger partial charge in [-0.1, -0.05) is 60.7 Å². The number of imidazole rings is 1. The minimum absolute atomic E-state index is 0.251. The van der Waals surface area contributed by atoms with E-state index in [0.717, 1.165) is 22.2 Å². The molecule has 0 spiro atoms. The predicted molar refractivity (Wildman–Crippen MR) is 201 cm³/mol. The second-order valence-corrected chi connectivity index (χ2v) is 12.8. The van der Waals surface area contributed by atoms with Crippen LogP contribution in [0, 0.1) is 0 Å².